The van der Waals surface area contributed by atoms with Gasteiger partial charge in [-0.3, -0.25) is 10.1 Å². The van der Waals surface area contributed by atoms with Crippen LogP contribution in [0.2, 0.25) is 0 Å². The fourth-order valence-electron chi connectivity index (χ4n) is 2.33. The van der Waals surface area contributed by atoms with Gasteiger partial charge in [0.2, 0.25) is 0 Å². The number of nitro benzene ring substituents is 1. The Hall–Kier alpha value is -3.22. The number of nitriles is 2. The van der Waals surface area contributed by atoms with Gasteiger partial charge in [-0.1, -0.05) is 25.5 Å². The van der Waals surface area contributed by atoms with Crippen LogP contribution in [0.5, 0.6) is 0 Å². The number of hydrogen-bond acceptors (Lipinski definition) is 5. The minimum absolute atomic E-state index is 0.0199. The summed E-state index contributed by atoms with van der Waals surface area (Å²) in [5.41, 5.74) is 1.39. The van der Waals surface area contributed by atoms with Gasteiger partial charge in [0, 0.05) is 27.5 Å². The smallest absolute Gasteiger partial charge is 0.258 e. The predicted octanol–water partition coefficient (Wildman–Crippen LogP) is 5.51. The lowest BCUT2D eigenvalue weighted by atomic mass is 10.1. The van der Waals surface area contributed by atoms with Crippen molar-refractivity contribution in [3.8, 4) is 12.1 Å². The van der Waals surface area contributed by atoms with Crippen LogP contribution >= 0.6 is 11.3 Å². The molecule has 2 rings (SSSR count). The molecule has 0 unspecified atom stereocenters. The quantitative estimate of drug-likeness (QED) is 0.280. The van der Waals surface area contributed by atoms with Gasteiger partial charge >= 0.3 is 0 Å². The van der Waals surface area contributed by atoms with Crippen LogP contribution in [0.4, 0.5) is 5.69 Å². The highest BCUT2D eigenvalue weighted by Crippen LogP contribution is 2.29. The van der Waals surface area contributed by atoms with Gasteiger partial charge in [-0.05, 0) is 42.7 Å². The Balaban J connectivity index is 2.33. The first kappa shape index (κ1) is 19.1. The first-order valence-corrected chi connectivity index (χ1v) is 8.96. The average Bonchev–Trinajstić information content (AvgIpc) is 3.12. The van der Waals surface area contributed by atoms with E-state index in [2.05, 4.69) is 6.92 Å². The molecule has 0 amide bonds. The molecule has 0 aliphatic heterocycles. The third kappa shape index (κ3) is 4.89. The van der Waals surface area contributed by atoms with Crippen molar-refractivity contribution in [1.82, 2.24) is 0 Å². The van der Waals surface area contributed by atoms with Crippen molar-refractivity contribution in [1.29, 1.82) is 10.5 Å². The van der Waals surface area contributed by atoms with Crippen molar-refractivity contribution >= 4 is 28.7 Å². The van der Waals surface area contributed by atoms with E-state index in [9.17, 15) is 20.6 Å². The average molecular weight is 363 g/mol. The van der Waals surface area contributed by atoms with Gasteiger partial charge in [0.15, 0.2) is 0 Å². The number of nitrogens with zero attached hydrogens (tertiary/aromatic N) is 3. The van der Waals surface area contributed by atoms with Gasteiger partial charge < -0.3 is 0 Å². The summed E-state index contributed by atoms with van der Waals surface area (Å²) in [4.78, 5) is 12.4. The van der Waals surface area contributed by atoms with Crippen molar-refractivity contribution in [2.24, 2.45) is 0 Å². The SMILES string of the molecule is CCCCc1ccc(C(/C=C/c2ccc([N+](=O)[O-])cc2)=C(C#N)C#N)s1. The zero-order valence-electron chi connectivity index (χ0n) is 14.3. The Morgan fingerprint density at radius 1 is 1.19 bits per heavy atom. The van der Waals surface area contributed by atoms with E-state index in [0.717, 1.165) is 29.7 Å². The van der Waals surface area contributed by atoms with E-state index in [1.807, 2.05) is 24.3 Å². The van der Waals surface area contributed by atoms with Crippen molar-refractivity contribution in [2.75, 3.05) is 0 Å². The Morgan fingerprint density at radius 3 is 2.46 bits per heavy atom. The van der Waals surface area contributed by atoms with Gasteiger partial charge in [-0.2, -0.15) is 10.5 Å². The van der Waals surface area contributed by atoms with Gasteiger partial charge in [-0.15, -0.1) is 11.3 Å². The molecule has 130 valence electrons. The highest BCUT2D eigenvalue weighted by Gasteiger charge is 2.10. The minimum Gasteiger partial charge on any atom is -0.258 e. The maximum Gasteiger partial charge on any atom is 0.269 e. The molecule has 0 bridgehead atoms. The van der Waals surface area contributed by atoms with Crippen LogP contribution in [0.15, 0.2) is 48.0 Å². The molecule has 6 heteroatoms. The minimum atomic E-state index is -0.453. The van der Waals surface area contributed by atoms with Crippen LogP contribution in [0.1, 0.15) is 35.1 Å². The fourth-order valence-corrected chi connectivity index (χ4v) is 3.41. The maximum atomic E-state index is 10.7. The largest absolute Gasteiger partial charge is 0.269 e. The van der Waals surface area contributed by atoms with Gasteiger partial charge in [0.1, 0.15) is 17.7 Å². The second kappa shape index (κ2) is 9.31. The summed E-state index contributed by atoms with van der Waals surface area (Å²) in [5, 5.41) is 29.2. The van der Waals surface area contributed by atoms with Crippen molar-refractivity contribution in [3.05, 3.63) is 73.5 Å². The maximum absolute atomic E-state index is 10.7. The van der Waals surface area contributed by atoms with E-state index in [1.165, 1.54) is 17.0 Å². The molecular weight excluding hydrogens is 346 g/mol. The molecule has 0 fully saturated rings. The number of nitro groups is 1. The first-order valence-electron chi connectivity index (χ1n) is 8.15. The summed E-state index contributed by atoms with van der Waals surface area (Å²) in [7, 11) is 0. The van der Waals surface area contributed by atoms with E-state index in [0.29, 0.717) is 5.57 Å². The van der Waals surface area contributed by atoms with E-state index >= 15 is 0 Å². The summed E-state index contributed by atoms with van der Waals surface area (Å²) >= 11 is 1.58. The molecule has 0 aliphatic rings. The Morgan fingerprint density at radius 2 is 1.88 bits per heavy atom. The summed E-state index contributed by atoms with van der Waals surface area (Å²) in [5.74, 6) is 0. The predicted molar refractivity (Wildman–Crippen MR) is 103 cm³/mol. The Kier molecular flexibility index (Phi) is 6.84. The molecule has 0 N–H and O–H groups in total. The monoisotopic (exact) mass is 363 g/mol. The lowest BCUT2D eigenvalue weighted by Crippen LogP contribution is -1.87. The second-order valence-electron chi connectivity index (χ2n) is 5.56. The fraction of sp³-hybridized carbons (Fsp3) is 0.200. The molecule has 0 saturated heterocycles. The number of allylic oxidation sites excluding steroid dienone is 3. The zero-order chi connectivity index (χ0) is 18.9. The number of hydrogen-bond donors (Lipinski definition) is 0. The van der Waals surface area contributed by atoms with E-state index < -0.39 is 4.92 Å². The lowest BCUT2D eigenvalue weighted by Gasteiger charge is -2.00. The van der Waals surface area contributed by atoms with Crippen LogP contribution in [0, 0.1) is 32.8 Å². The van der Waals surface area contributed by atoms with Crippen LogP contribution < -0.4 is 0 Å². The third-order valence-electron chi connectivity index (χ3n) is 3.74. The van der Waals surface area contributed by atoms with Crippen molar-refractivity contribution in [2.45, 2.75) is 26.2 Å². The van der Waals surface area contributed by atoms with Gasteiger partial charge in [0.25, 0.3) is 5.69 Å². The number of rotatable bonds is 7. The van der Waals surface area contributed by atoms with Crippen LogP contribution in [-0.2, 0) is 6.42 Å². The number of unbranched alkanes of at least 4 members (excludes halogenated alkanes) is 1. The van der Waals surface area contributed by atoms with E-state index in [4.69, 9.17) is 0 Å². The topological polar surface area (TPSA) is 90.7 Å². The number of non-ortho nitro benzene ring substituents is 1. The van der Waals surface area contributed by atoms with Crippen molar-refractivity contribution in [3.63, 3.8) is 0 Å². The van der Waals surface area contributed by atoms with Gasteiger partial charge in [-0.25, -0.2) is 0 Å². The van der Waals surface area contributed by atoms with Crippen LogP contribution in [0.3, 0.4) is 0 Å². The first-order chi connectivity index (χ1) is 12.6. The Labute approximate surface area is 156 Å². The molecule has 1 heterocycles. The summed E-state index contributed by atoms with van der Waals surface area (Å²) in [6.07, 6.45) is 6.66. The molecule has 2 aromatic rings. The third-order valence-corrected chi connectivity index (χ3v) is 4.92. The lowest BCUT2D eigenvalue weighted by molar-refractivity contribution is -0.384. The molecule has 5 nitrogen and oxygen atoms in total. The normalized spacial score (nSPS) is 10.3. The Bertz CT molecular complexity index is 909. The standard InChI is InChI=1S/C20H17N3O2S/c1-2-3-4-18-10-12-20(26-18)19(16(13-21)14-22)11-7-15-5-8-17(9-6-15)23(24)25/h5-12H,2-4H2,1H3/b11-7+. The molecule has 0 aliphatic carbocycles. The van der Waals surface area contributed by atoms with Crippen molar-refractivity contribution < 1.29 is 4.92 Å². The molecular formula is C20H17N3O2S. The molecule has 0 atom stereocenters. The van der Waals surface area contributed by atoms with Crippen LogP contribution in [-0.4, -0.2) is 4.92 Å². The zero-order valence-corrected chi connectivity index (χ0v) is 15.1. The van der Waals surface area contributed by atoms with E-state index in [1.54, 1.807) is 35.6 Å². The highest BCUT2D eigenvalue weighted by molar-refractivity contribution is 7.13. The molecule has 26 heavy (non-hydrogen) atoms. The summed E-state index contributed by atoms with van der Waals surface area (Å²) < 4.78 is 0. The summed E-state index contributed by atoms with van der Waals surface area (Å²) in [6, 6.07) is 14.0. The molecule has 1 aromatic carbocycles. The number of thiophene rings is 1. The van der Waals surface area contributed by atoms with Gasteiger partial charge in [0.05, 0.1) is 4.92 Å². The molecule has 0 saturated carbocycles. The molecule has 0 spiro atoms. The number of aryl methyl sites for hydroxylation is 1. The second-order valence-corrected chi connectivity index (χ2v) is 6.73. The molecule has 1 aromatic heterocycles. The highest BCUT2D eigenvalue weighted by atomic mass is 32.1. The van der Waals surface area contributed by atoms with E-state index in [-0.39, 0.29) is 11.3 Å². The van der Waals surface area contributed by atoms with Crippen LogP contribution in [0.25, 0.3) is 11.6 Å². The number of benzene rings is 1. The summed E-state index contributed by atoms with van der Waals surface area (Å²) in [6.45, 7) is 2.14. The molecule has 0 radical (unpaired) electrons.